The van der Waals surface area contributed by atoms with E-state index in [2.05, 4.69) is 10.6 Å². The van der Waals surface area contributed by atoms with Gasteiger partial charge in [-0.25, -0.2) is 0 Å². The third-order valence-corrected chi connectivity index (χ3v) is 3.95. The van der Waals surface area contributed by atoms with Gasteiger partial charge in [0.25, 0.3) is 0 Å². The standard InChI is InChI=1S/C16H24N2O2/c1-12-5-3-4-6-15(12)18-16(19)11-20-14-9-7-13(17-2)8-10-14/h3-6,13-14,17H,7-11H2,1-2H3,(H,18,19). The van der Waals surface area contributed by atoms with Crippen molar-refractivity contribution in [3.8, 4) is 0 Å². The fraction of sp³-hybridized carbons (Fsp3) is 0.562. The lowest BCUT2D eigenvalue weighted by Crippen LogP contribution is -2.34. The number of hydrogen-bond acceptors (Lipinski definition) is 3. The molecule has 0 atom stereocenters. The van der Waals surface area contributed by atoms with Gasteiger partial charge in [0.05, 0.1) is 6.10 Å². The Hall–Kier alpha value is -1.39. The van der Waals surface area contributed by atoms with Crippen molar-refractivity contribution < 1.29 is 9.53 Å². The van der Waals surface area contributed by atoms with E-state index in [1.54, 1.807) is 0 Å². The predicted octanol–water partition coefficient (Wildman–Crippen LogP) is 2.48. The summed E-state index contributed by atoms with van der Waals surface area (Å²) < 4.78 is 5.71. The molecule has 0 spiro atoms. The van der Waals surface area contributed by atoms with Crippen molar-refractivity contribution in [2.45, 2.75) is 44.8 Å². The largest absolute Gasteiger partial charge is 0.368 e. The van der Waals surface area contributed by atoms with Gasteiger partial charge in [-0.15, -0.1) is 0 Å². The average Bonchev–Trinajstić information content (AvgIpc) is 2.48. The molecule has 1 aliphatic rings. The highest BCUT2D eigenvalue weighted by Gasteiger charge is 2.21. The Balaban J connectivity index is 1.72. The van der Waals surface area contributed by atoms with Crippen LogP contribution in [0.5, 0.6) is 0 Å². The SMILES string of the molecule is CNC1CCC(OCC(=O)Nc2ccccc2C)CC1. The molecule has 0 unspecified atom stereocenters. The average molecular weight is 276 g/mol. The van der Waals surface area contributed by atoms with Crippen LogP contribution in [0.4, 0.5) is 5.69 Å². The van der Waals surface area contributed by atoms with Crippen LogP contribution in [0.1, 0.15) is 31.2 Å². The summed E-state index contributed by atoms with van der Waals surface area (Å²) in [6, 6.07) is 8.38. The van der Waals surface area contributed by atoms with Gasteiger partial charge in [-0.3, -0.25) is 4.79 Å². The van der Waals surface area contributed by atoms with Crippen LogP contribution in [-0.2, 0) is 9.53 Å². The van der Waals surface area contributed by atoms with Crippen LogP contribution in [-0.4, -0.2) is 31.7 Å². The van der Waals surface area contributed by atoms with E-state index < -0.39 is 0 Å². The Morgan fingerprint density at radius 1 is 1.25 bits per heavy atom. The van der Waals surface area contributed by atoms with E-state index in [0.717, 1.165) is 36.9 Å². The van der Waals surface area contributed by atoms with Crippen molar-refractivity contribution in [3.63, 3.8) is 0 Å². The van der Waals surface area contributed by atoms with E-state index >= 15 is 0 Å². The lowest BCUT2D eigenvalue weighted by atomic mass is 9.93. The number of para-hydroxylation sites is 1. The highest BCUT2D eigenvalue weighted by Crippen LogP contribution is 2.21. The molecular formula is C16H24N2O2. The van der Waals surface area contributed by atoms with Gasteiger partial charge >= 0.3 is 0 Å². The summed E-state index contributed by atoms with van der Waals surface area (Å²) in [5, 5.41) is 6.19. The van der Waals surface area contributed by atoms with Crippen molar-refractivity contribution in [1.29, 1.82) is 0 Å². The molecule has 1 saturated carbocycles. The van der Waals surface area contributed by atoms with Crippen molar-refractivity contribution in [2.24, 2.45) is 0 Å². The van der Waals surface area contributed by atoms with Crippen LogP contribution in [0, 0.1) is 6.92 Å². The number of amides is 1. The highest BCUT2D eigenvalue weighted by atomic mass is 16.5. The molecule has 0 radical (unpaired) electrons. The molecule has 1 aromatic rings. The molecule has 4 heteroatoms. The zero-order valence-corrected chi connectivity index (χ0v) is 12.3. The number of aryl methyl sites for hydroxylation is 1. The number of anilines is 1. The summed E-state index contributed by atoms with van der Waals surface area (Å²) in [5.74, 6) is -0.0740. The van der Waals surface area contributed by atoms with Gasteiger partial charge in [0, 0.05) is 11.7 Å². The van der Waals surface area contributed by atoms with Gasteiger partial charge in [0.15, 0.2) is 0 Å². The normalized spacial score (nSPS) is 22.5. The van der Waals surface area contributed by atoms with Gasteiger partial charge < -0.3 is 15.4 Å². The van der Waals surface area contributed by atoms with Gasteiger partial charge in [-0.2, -0.15) is 0 Å². The van der Waals surface area contributed by atoms with E-state index in [1.165, 1.54) is 0 Å². The minimum Gasteiger partial charge on any atom is -0.368 e. The zero-order valence-electron chi connectivity index (χ0n) is 12.3. The molecule has 4 nitrogen and oxygen atoms in total. The minimum atomic E-state index is -0.0740. The predicted molar refractivity (Wildman–Crippen MR) is 80.9 cm³/mol. The van der Waals surface area contributed by atoms with E-state index in [9.17, 15) is 4.79 Å². The summed E-state index contributed by atoms with van der Waals surface area (Å²) in [7, 11) is 2.00. The van der Waals surface area contributed by atoms with Crippen LogP contribution in [0.3, 0.4) is 0 Å². The van der Waals surface area contributed by atoms with Crippen LogP contribution < -0.4 is 10.6 Å². The molecule has 110 valence electrons. The molecule has 20 heavy (non-hydrogen) atoms. The van der Waals surface area contributed by atoms with Crippen LogP contribution in [0.15, 0.2) is 24.3 Å². The molecule has 0 aliphatic heterocycles. The maximum atomic E-state index is 11.9. The van der Waals surface area contributed by atoms with Gasteiger partial charge in [-0.1, -0.05) is 18.2 Å². The van der Waals surface area contributed by atoms with Gasteiger partial charge in [0.2, 0.25) is 5.91 Å². The first-order valence-electron chi connectivity index (χ1n) is 7.33. The molecule has 2 rings (SSSR count). The molecule has 1 fully saturated rings. The lowest BCUT2D eigenvalue weighted by molar-refractivity contribution is -0.123. The maximum Gasteiger partial charge on any atom is 0.250 e. The Labute approximate surface area is 120 Å². The second-order valence-electron chi connectivity index (χ2n) is 5.44. The number of ether oxygens (including phenoxy) is 1. The Kier molecular flexibility index (Phi) is 5.56. The number of rotatable bonds is 5. The highest BCUT2D eigenvalue weighted by molar-refractivity contribution is 5.92. The smallest absolute Gasteiger partial charge is 0.250 e. The first-order valence-corrected chi connectivity index (χ1v) is 7.33. The third-order valence-electron chi connectivity index (χ3n) is 3.95. The summed E-state index contributed by atoms with van der Waals surface area (Å²) >= 11 is 0. The molecule has 0 aromatic heterocycles. The van der Waals surface area contributed by atoms with Gasteiger partial charge in [0.1, 0.15) is 6.61 Å². The summed E-state index contributed by atoms with van der Waals surface area (Å²) in [5.41, 5.74) is 1.93. The van der Waals surface area contributed by atoms with E-state index in [1.807, 2.05) is 38.2 Å². The van der Waals surface area contributed by atoms with E-state index in [0.29, 0.717) is 6.04 Å². The number of carbonyl (C=O) groups excluding carboxylic acids is 1. The van der Waals surface area contributed by atoms with Crippen LogP contribution in [0.25, 0.3) is 0 Å². The van der Waals surface area contributed by atoms with Crippen molar-refractivity contribution in [2.75, 3.05) is 19.0 Å². The Morgan fingerprint density at radius 3 is 2.60 bits per heavy atom. The molecule has 1 aromatic carbocycles. The Bertz CT molecular complexity index is 440. The summed E-state index contributed by atoms with van der Waals surface area (Å²) in [4.78, 5) is 11.9. The second-order valence-corrected chi connectivity index (χ2v) is 5.44. The number of carbonyl (C=O) groups is 1. The fourth-order valence-electron chi connectivity index (χ4n) is 2.61. The van der Waals surface area contributed by atoms with E-state index in [4.69, 9.17) is 4.74 Å². The molecule has 0 heterocycles. The third kappa shape index (κ3) is 4.32. The summed E-state index contributed by atoms with van der Waals surface area (Å²) in [6.07, 6.45) is 4.54. The van der Waals surface area contributed by atoms with Crippen molar-refractivity contribution in [3.05, 3.63) is 29.8 Å². The maximum absolute atomic E-state index is 11.9. The topological polar surface area (TPSA) is 50.4 Å². The molecule has 0 bridgehead atoms. The Morgan fingerprint density at radius 2 is 1.95 bits per heavy atom. The summed E-state index contributed by atoms with van der Waals surface area (Å²) in [6.45, 7) is 2.12. The minimum absolute atomic E-state index is 0.0740. The molecule has 1 amide bonds. The number of hydrogen-bond donors (Lipinski definition) is 2. The van der Waals surface area contributed by atoms with Crippen LogP contribution in [0.2, 0.25) is 0 Å². The molecule has 1 aliphatic carbocycles. The zero-order chi connectivity index (χ0) is 14.4. The fourth-order valence-corrected chi connectivity index (χ4v) is 2.61. The van der Waals surface area contributed by atoms with Crippen molar-refractivity contribution >= 4 is 11.6 Å². The molecule has 2 N–H and O–H groups in total. The number of benzene rings is 1. The van der Waals surface area contributed by atoms with Crippen molar-refractivity contribution in [1.82, 2.24) is 5.32 Å². The first-order chi connectivity index (χ1) is 9.69. The monoisotopic (exact) mass is 276 g/mol. The van der Waals surface area contributed by atoms with E-state index in [-0.39, 0.29) is 18.6 Å². The lowest BCUT2D eigenvalue weighted by Gasteiger charge is -2.28. The quantitative estimate of drug-likeness (QED) is 0.868. The van der Waals surface area contributed by atoms with Crippen LogP contribution >= 0.6 is 0 Å². The molecule has 0 saturated heterocycles. The number of nitrogens with one attached hydrogen (secondary N) is 2. The first kappa shape index (κ1) is 15.0. The molecular weight excluding hydrogens is 252 g/mol. The second kappa shape index (κ2) is 7.41. The van der Waals surface area contributed by atoms with Gasteiger partial charge in [-0.05, 0) is 51.3 Å².